The first-order valence-electron chi connectivity index (χ1n) is 11.0. The predicted octanol–water partition coefficient (Wildman–Crippen LogP) is 3.71. The van der Waals surface area contributed by atoms with E-state index in [4.69, 9.17) is 9.47 Å². The monoisotopic (exact) mass is 422 g/mol. The van der Waals surface area contributed by atoms with Crippen LogP contribution in [0, 0.1) is 12.8 Å². The van der Waals surface area contributed by atoms with Gasteiger partial charge in [0.25, 0.3) is 5.91 Å². The first kappa shape index (κ1) is 21.2. The highest BCUT2D eigenvalue weighted by Crippen LogP contribution is 2.33. The van der Waals surface area contributed by atoms with E-state index >= 15 is 0 Å². The van der Waals surface area contributed by atoms with Crippen LogP contribution in [0.4, 0.5) is 0 Å². The van der Waals surface area contributed by atoms with Gasteiger partial charge in [0.1, 0.15) is 17.6 Å². The number of piperidine rings is 1. The maximum atomic E-state index is 13.0. The number of nitrogens with zero attached hydrogens (tertiary/aromatic N) is 1. The third kappa shape index (κ3) is 5.19. The molecule has 1 aliphatic heterocycles. The Morgan fingerprint density at radius 1 is 1.06 bits per heavy atom. The zero-order chi connectivity index (χ0) is 21.8. The lowest BCUT2D eigenvalue weighted by molar-refractivity contribution is -0.134. The number of likely N-dealkylation sites (tertiary alicyclic amines) is 1. The third-order valence-electron chi connectivity index (χ3n) is 6.11. The van der Waals surface area contributed by atoms with Gasteiger partial charge in [-0.1, -0.05) is 24.3 Å². The Kier molecular flexibility index (Phi) is 6.44. The van der Waals surface area contributed by atoms with Gasteiger partial charge < -0.3 is 19.7 Å². The number of benzene rings is 2. The van der Waals surface area contributed by atoms with Crippen molar-refractivity contribution in [2.24, 2.45) is 5.92 Å². The van der Waals surface area contributed by atoms with Crippen LogP contribution in [-0.4, -0.2) is 43.0 Å². The van der Waals surface area contributed by atoms with Crippen LogP contribution in [0.15, 0.2) is 42.5 Å². The molecular formula is C25H30N2O4. The lowest BCUT2D eigenvalue weighted by Gasteiger charge is -2.32. The van der Waals surface area contributed by atoms with Gasteiger partial charge in [0.05, 0.1) is 12.7 Å². The summed E-state index contributed by atoms with van der Waals surface area (Å²) in [6.07, 6.45) is 3.59. The summed E-state index contributed by atoms with van der Waals surface area (Å²) in [5.74, 6) is 1.51. The molecule has 2 fully saturated rings. The minimum absolute atomic E-state index is 0.0143. The molecule has 1 heterocycles. The fraction of sp³-hybridized carbons (Fsp3) is 0.440. The zero-order valence-corrected chi connectivity index (χ0v) is 18.2. The molecule has 0 aromatic heterocycles. The molecule has 31 heavy (non-hydrogen) atoms. The van der Waals surface area contributed by atoms with Crippen molar-refractivity contribution in [2.45, 2.75) is 45.3 Å². The highest BCUT2D eigenvalue weighted by atomic mass is 16.5. The molecule has 2 amide bonds. The van der Waals surface area contributed by atoms with E-state index in [1.165, 1.54) is 0 Å². The quantitative estimate of drug-likeness (QED) is 0.739. The molecule has 1 saturated heterocycles. The van der Waals surface area contributed by atoms with E-state index < -0.39 is 0 Å². The second-order valence-electron chi connectivity index (χ2n) is 8.39. The maximum absolute atomic E-state index is 13.0. The Balaban J connectivity index is 1.41. The van der Waals surface area contributed by atoms with Gasteiger partial charge >= 0.3 is 0 Å². The van der Waals surface area contributed by atoms with Crippen molar-refractivity contribution in [3.63, 3.8) is 0 Å². The topological polar surface area (TPSA) is 67.9 Å². The van der Waals surface area contributed by atoms with E-state index in [1.807, 2.05) is 36.1 Å². The summed E-state index contributed by atoms with van der Waals surface area (Å²) in [7, 11) is 1.58. The molecular weight excluding hydrogens is 392 g/mol. The second-order valence-corrected chi connectivity index (χ2v) is 8.39. The fourth-order valence-electron chi connectivity index (χ4n) is 3.96. The first-order chi connectivity index (χ1) is 15.0. The number of rotatable bonds is 7. The van der Waals surface area contributed by atoms with Crippen LogP contribution in [0.1, 0.15) is 47.2 Å². The van der Waals surface area contributed by atoms with Gasteiger partial charge in [-0.2, -0.15) is 0 Å². The molecule has 1 saturated carbocycles. The Morgan fingerprint density at radius 3 is 2.48 bits per heavy atom. The largest absolute Gasteiger partial charge is 0.497 e. The zero-order valence-electron chi connectivity index (χ0n) is 18.2. The number of carbonyl (C=O) groups is 2. The van der Waals surface area contributed by atoms with Gasteiger partial charge in [-0.3, -0.25) is 9.59 Å². The second kappa shape index (κ2) is 9.41. The van der Waals surface area contributed by atoms with Gasteiger partial charge in [-0.15, -0.1) is 0 Å². The SMILES string of the molecule is COc1ccc(OC2CCN(C(=O)C3CC3)CC2)c(C(=O)NCc2ccccc2C)c1. The van der Waals surface area contributed by atoms with Crippen LogP contribution in [0.5, 0.6) is 11.5 Å². The fourth-order valence-corrected chi connectivity index (χ4v) is 3.96. The van der Waals surface area contributed by atoms with Gasteiger partial charge in [0.15, 0.2) is 0 Å². The van der Waals surface area contributed by atoms with Crippen LogP contribution in [0.2, 0.25) is 0 Å². The number of hydrogen-bond donors (Lipinski definition) is 1. The van der Waals surface area contributed by atoms with Crippen molar-refractivity contribution in [1.82, 2.24) is 10.2 Å². The van der Waals surface area contributed by atoms with Crippen molar-refractivity contribution >= 4 is 11.8 Å². The van der Waals surface area contributed by atoms with Crippen molar-refractivity contribution in [3.05, 3.63) is 59.2 Å². The number of amides is 2. The summed E-state index contributed by atoms with van der Waals surface area (Å²) in [5.41, 5.74) is 2.68. The molecule has 6 nitrogen and oxygen atoms in total. The molecule has 0 unspecified atom stereocenters. The van der Waals surface area contributed by atoms with Gasteiger partial charge in [0.2, 0.25) is 5.91 Å². The molecule has 4 rings (SSSR count). The standard InChI is InChI=1S/C25H30N2O4/c1-17-5-3-4-6-19(17)16-26-24(28)22-15-21(30-2)9-10-23(22)31-20-11-13-27(14-12-20)25(29)18-7-8-18/h3-6,9-10,15,18,20H,7-8,11-14,16H2,1-2H3,(H,26,28). The van der Waals surface area contributed by atoms with E-state index in [1.54, 1.807) is 25.3 Å². The van der Waals surface area contributed by atoms with Crippen LogP contribution >= 0.6 is 0 Å². The van der Waals surface area contributed by atoms with Crippen molar-refractivity contribution in [1.29, 1.82) is 0 Å². The number of ether oxygens (including phenoxy) is 2. The van der Waals surface area contributed by atoms with E-state index in [-0.39, 0.29) is 17.9 Å². The number of carbonyl (C=O) groups excluding carboxylic acids is 2. The van der Waals surface area contributed by atoms with Crippen molar-refractivity contribution in [2.75, 3.05) is 20.2 Å². The first-order valence-corrected chi connectivity index (χ1v) is 11.0. The Hall–Kier alpha value is -3.02. The minimum Gasteiger partial charge on any atom is -0.497 e. The molecule has 164 valence electrons. The van der Waals surface area contributed by atoms with Crippen LogP contribution < -0.4 is 14.8 Å². The predicted molar refractivity (Wildman–Crippen MR) is 118 cm³/mol. The normalized spacial score (nSPS) is 16.6. The molecule has 0 bridgehead atoms. The Morgan fingerprint density at radius 2 is 1.81 bits per heavy atom. The summed E-state index contributed by atoms with van der Waals surface area (Å²) >= 11 is 0. The molecule has 0 radical (unpaired) electrons. The molecule has 0 spiro atoms. The lowest BCUT2D eigenvalue weighted by atomic mass is 10.1. The summed E-state index contributed by atoms with van der Waals surface area (Å²) in [4.78, 5) is 27.2. The van der Waals surface area contributed by atoms with Crippen molar-refractivity contribution < 1.29 is 19.1 Å². The van der Waals surface area contributed by atoms with E-state index in [0.717, 1.165) is 36.8 Å². The third-order valence-corrected chi connectivity index (χ3v) is 6.11. The summed E-state index contributed by atoms with van der Waals surface area (Å²) in [5, 5.41) is 3.00. The molecule has 2 aliphatic rings. The molecule has 1 N–H and O–H groups in total. The number of nitrogens with one attached hydrogen (secondary N) is 1. The van der Waals surface area contributed by atoms with E-state index in [2.05, 4.69) is 5.32 Å². The number of hydrogen-bond acceptors (Lipinski definition) is 4. The van der Waals surface area contributed by atoms with Gasteiger partial charge in [0, 0.05) is 38.4 Å². The smallest absolute Gasteiger partial charge is 0.255 e. The minimum atomic E-state index is -0.196. The number of aryl methyl sites for hydroxylation is 1. The molecule has 6 heteroatoms. The summed E-state index contributed by atoms with van der Waals surface area (Å²) < 4.78 is 11.6. The van der Waals surface area contributed by atoms with Crippen LogP contribution in [-0.2, 0) is 11.3 Å². The average Bonchev–Trinajstić information content (AvgIpc) is 3.64. The molecule has 1 aliphatic carbocycles. The lowest BCUT2D eigenvalue weighted by Crippen LogP contribution is -2.42. The van der Waals surface area contributed by atoms with Gasteiger partial charge in [-0.25, -0.2) is 0 Å². The highest BCUT2D eigenvalue weighted by Gasteiger charge is 2.35. The molecule has 0 atom stereocenters. The van der Waals surface area contributed by atoms with Crippen molar-refractivity contribution in [3.8, 4) is 11.5 Å². The van der Waals surface area contributed by atoms with E-state index in [0.29, 0.717) is 42.6 Å². The Labute approximate surface area is 183 Å². The summed E-state index contributed by atoms with van der Waals surface area (Å²) in [6, 6.07) is 13.3. The van der Waals surface area contributed by atoms with Gasteiger partial charge in [-0.05, 0) is 49.1 Å². The van der Waals surface area contributed by atoms with Crippen LogP contribution in [0.3, 0.4) is 0 Å². The maximum Gasteiger partial charge on any atom is 0.255 e. The number of methoxy groups -OCH3 is 1. The van der Waals surface area contributed by atoms with Crippen LogP contribution in [0.25, 0.3) is 0 Å². The molecule has 2 aromatic rings. The average molecular weight is 423 g/mol. The molecule has 2 aromatic carbocycles. The highest BCUT2D eigenvalue weighted by molar-refractivity contribution is 5.97. The van der Waals surface area contributed by atoms with E-state index in [9.17, 15) is 9.59 Å². The Bertz CT molecular complexity index is 946. The summed E-state index contributed by atoms with van der Waals surface area (Å²) in [6.45, 7) is 3.90.